The van der Waals surface area contributed by atoms with E-state index in [2.05, 4.69) is 27.2 Å². The summed E-state index contributed by atoms with van der Waals surface area (Å²) in [6, 6.07) is 9.94. The van der Waals surface area contributed by atoms with Crippen LogP contribution in [-0.2, 0) is 9.53 Å². The zero-order valence-corrected chi connectivity index (χ0v) is 19.6. The van der Waals surface area contributed by atoms with Crippen LogP contribution in [0.5, 0.6) is 5.88 Å². The summed E-state index contributed by atoms with van der Waals surface area (Å²) in [7, 11) is 3.95. The van der Waals surface area contributed by atoms with Crippen LogP contribution < -0.4 is 10.1 Å². The van der Waals surface area contributed by atoms with Gasteiger partial charge in [0.25, 0.3) is 0 Å². The fraction of sp³-hybridized carbons (Fsp3) is 0.440. The number of carbonyl (C=O) groups excluding carboxylic acids is 1. The molecule has 2 aromatic heterocycles. The van der Waals surface area contributed by atoms with Gasteiger partial charge in [-0.25, -0.2) is 9.97 Å². The minimum absolute atomic E-state index is 0.0801. The fourth-order valence-electron chi connectivity index (χ4n) is 4.59. The molecule has 2 unspecified atom stereocenters. The highest BCUT2D eigenvalue weighted by Gasteiger charge is 2.33. The van der Waals surface area contributed by atoms with Crippen molar-refractivity contribution in [3.05, 3.63) is 42.7 Å². The Morgan fingerprint density at radius 1 is 1.18 bits per heavy atom. The largest absolute Gasteiger partial charge is 0.473 e. The van der Waals surface area contributed by atoms with E-state index in [1.807, 2.05) is 42.3 Å². The van der Waals surface area contributed by atoms with Gasteiger partial charge in [-0.1, -0.05) is 12.1 Å². The molecular formula is C25H30N6O3. The van der Waals surface area contributed by atoms with Crippen LogP contribution >= 0.6 is 0 Å². The molecule has 2 fully saturated rings. The van der Waals surface area contributed by atoms with Gasteiger partial charge in [0.15, 0.2) is 5.52 Å². The number of rotatable bonds is 6. The van der Waals surface area contributed by atoms with Gasteiger partial charge in [-0.15, -0.1) is 0 Å². The number of nitrogens with zero attached hydrogens (tertiary/aromatic N) is 5. The molecule has 0 bridgehead atoms. The molecule has 0 aliphatic carbocycles. The number of carbonyl (C=O) groups is 1. The van der Waals surface area contributed by atoms with Crippen LogP contribution in [0.4, 0.5) is 5.69 Å². The molecule has 1 N–H and O–H groups in total. The molecule has 3 aromatic rings. The molecule has 2 saturated heterocycles. The molecule has 1 aromatic carbocycles. The number of hydrogen-bond donors (Lipinski definition) is 1. The second-order valence-electron chi connectivity index (χ2n) is 8.90. The van der Waals surface area contributed by atoms with Crippen molar-refractivity contribution in [3.63, 3.8) is 0 Å². The summed E-state index contributed by atoms with van der Waals surface area (Å²) in [5.41, 5.74) is 4.07. The van der Waals surface area contributed by atoms with E-state index in [1.54, 1.807) is 12.4 Å². The average molecular weight is 463 g/mol. The maximum Gasteiger partial charge on any atom is 0.242 e. The molecule has 5 rings (SSSR count). The number of anilines is 1. The lowest BCUT2D eigenvalue weighted by molar-refractivity contribution is -0.143. The lowest BCUT2D eigenvalue weighted by Gasteiger charge is -2.34. The van der Waals surface area contributed by atoms with Crippen molar-refractivity contribution >= 4 is 22.6 Å². The topological polar surface area (TPSA) is 92.7 Å². The van der Waals surface area contributed by atoms with Crippen molar-refractivity contribution in [2.75, 3.05) is 58.8 Å². The van der Waals surface area contributed by atoms with E-state index in [1.165, 1.54) is 0 Å². The second-order valence-corrected chi connectivity index (χ2v) is 8.90. The van der Waals surface area contributed by atoms with Crippen molar-refractivity contribution in [1.29, 1.82) is 0 Å². The third-order valence-corrected chi connectivity index (χ3v) is 6.49. The molecule has 178 valence electrons. The first-order chi connectivity index (χ1) is 16.6. The van der Waals surface area contributed by atoms with E-state index >= 15 is 0 Å². The van der Waals surface area contributed by atoms with Gasteiger partial charge in [-0.05, 0) is 38.2 Å². The van der Waals surface area contributed by atoms with Crippen LogP contribution in [0.25, 0.3) is 22.3 Å². The Bertz CT molecular complexity index is 1160. The molecule has 4 heterocycles. The first-order valence-electron chi connectivity index (χ1n) is 11.7. The van der Waals surface area contributed by atoms with Crippen LogP contribution in [0.3, 0.4) is 0 Å². The third kappa shape index (κ3) is 4.80. The van der Waals surface area contributed by atoms with Gasteiger partial charge in [0.1, 0.15) is 12.7 Å². The minimum atomic E-state index is -0.219. The van der Waals surface area contributed by atoms with Crippen LogP contribution in [0.1, 0.15) is 6.42 Å². The number of morpholine rings is 1. The van der Waals surface area contributed by atoms with Crippen molar-refractivity contribution in [3.8, 4) is 17.1 Å². The summed E-state index contributed by atoms with van der Waals surface area (Å²) >= 11 is 0. The number of nitrogens with one attached hydrogen (secondary N) is 1. The third-order valence-electron chi connectivity index (χ3n) is 6.49. The van der Waals surface area contributed by atoms with E-state index in [0.717, 1.165) is 36.5 Å². The SMILES string of the molecule is CNc1ccc(-c2cc3nccnc3c(OCC3CN(C(=O)C4CCN(C)C4)CCO3)n2)cc1. The number of fused-ring (bicyclic) bond motifs is 1. The number of amides is 1. The summed E-state index contributed by atoms with van der Waals surface area (Å²) < 4.78 is 12.1. The normalized spacial score (nSPS) is 21.1. The van der Waals surface area contributed by atoms with E-state index in [9.17, 15) is 4.79 Å². The van der Waals surface area contributed by atoms with Gasteiger partial charge in [0.05, 0.1) is 30.3 Å². The molecule has 9 nitrogen and oxygen atoms in total. The molecule has 1 amide bonds. The van der Waals surface area contributed by atoms with Gasteiger partial charge in [-0.3, -0.25) is 9.78 Å². The minimum Gasteiger partial charge on any atom is -0.473 e. The highest BCUT2D eigenvalue weighted by molar-refractivity contribution is 5.83. The molecule has 2 atom stereocenters. The predicted molar refractivity (Wildman–Crippen MR) is 130 cm³/mol. The van der Waals surface area contributed by atoms with E-state index in [4.69, 9.17) is 14.5 Å². The zero-order valence-electron chi connectivity index (χ0n) is 19.6. The van der Waals surface area contributed by atoms with Crippen LogP contribution in [0.15, 0.2) is 42.7 Å². The van der Waals surface area contributed by atoms with Gasteiger partial charge >= 0.3 is 0 Å². The molecule has 2 aliphatic rings. The number of pyridine rings is 1. The van der Waals surface area contributed by atoms with Crippen molar-refractivity contribution < 1.29 is 14.3 Å². The Morgan fingerprint density at radius 2 is 2.00 bits per heavy atom. The van der Waals surface area contributed by atoms with Gasteiger partial charge < -0.3 is 24.6 Å². The number of hydrogen-bond acceptors (Lipinski definition) is 8. The highest BCUT2D eigenvalue weighted by Crippen LogP contribution is 2.28. The Morgan fingerprint density at radius 3 is 2.76 bits per heavy atom. The monoisotopic (exact) mass is 462 g/mol. The number of ether oxygens (including phenoxy) is 2. The molecule has 9 heteroatoms. The Kier molecular flexibility index (Phi) is 6.55. The lowest BCUT2D eigenvalue weighted by Crippen LogP contribution is -2.49. The van der Waals surface area contributed by atoms with Crippen molar-refractivity contribution in [1.82, 2.24) is 24.8 Å². The molecule has 0 radical (unpaired) electrons. The zero-order chi connectivity index (χ0) is 23.5. The van der Waals surface area contributed by atoms with Gasteiger partial charge in [0.2, 0.25) is 11.8 Å². The molecule has 2 aliphatic heterocycles. The number of benzene rings is 1. The molecular weight excluding hydrogens is 432 g/mol. The Balaban J connectivity index is 1.31. The predicted octanol–water partition coefficient (Wildman–Crippen LogP) is 2.29. The average Bonchev–Trinajstić information content (AvgIpc) is 3.33. The first-order valence-corrected chi connectivity index (χ1v) is 11.7. The Hall–Kier alpha value is -3.30. The first kappa shape index (κ1) is 22.5. The standard InChI is InChI=1S/C25H30N6O3/c1-26-19-5-3-17(4-6-19)21-13-22-23(28-9-8-27-22)24(29-21)34-16-20-15-31(11-12-33-20)25(32)18-7-10-30(2)14-18/h3-6,8-9,13,18,20,26H,7,10-12,14-16H2,1-2H3. The van der Waals surface area contributed by atoms with Crippen molar-refractivity contribution in [2.24, 2.45) is 5.92 Å². The Labute approximate surface area is 199 Å². The summed E-state index contributed by atoms with van der Waals surface area (Å²) in [4.78, 5) is 30.7. The lowest BCUT2D eigenvalue weighted by atomic mass is 10.1. The van der Waals surface area contributed by atoms with E-state index in [0.29, 0.717) is 36.6 Å². The van der Waals surface area contributed by atoms with Gasteiger partial charge in [-0.2, -0.15) is 0 Å². The summed E-state index contributed by atoms with van der Waals surface area (Å²) in [6.07, 6.45) is 4.00. The number of aromatic nitrogens is 3. The highest BCUT2D eigenvalue weighted by atomic mass is 16.5. The number of likely N-dealkylation sites (tertiary alicyclic amines) is 1. The summed E-state index contributed by atoms with van der Waals surface area (Å²) in [6.45, 7) is 3.74. The second kappa shape index (κ2) is 9.90. The van der Waals surface area contributed by atoms with Crippen LogP contribution in [0, 0.1) is 5.92 Å². The summed E-state index contributed by atoms with van der Waals surface area (Å²) in [5, 5.41) is 3.12. The maximum absolute atomic E-state index is 13.0. The smallest absolute Gasteiger partial charge is 0.242 e. The molecule has 0 saturated carbocycles. The quantitative estimate of drug-likeness (QED) is 0.597. The summed E-state index contributed by atoms with van der Waals surface area (Å²) in [5.74, 6) is 0.721. The molecule has 34 heavy (non-hydrogen) atoms. The fourth-order valence-corrected chi connectivity index (χ4v) is 4.59. The van der Waals surface area contributed by atoms with E-state index < -0.39 is 0 Å². The van der Waals surface area contributed by atoms with Crippen LogP contribution in [-0.4, -0.2) is 90.3 Å². The van der Waals surface area contributed by atoms with E-state index in [-0.39, 0.29) is 24.5 Å². The molecule has 0 spiro atoms. The maximum atomic E-state index is 13.0. The van der Waals surface area contributed by atoms with Crippen molar-refractivity contribution in [2.45, 2.75) is 12.5 Å². The van der Waals surface area contributed by atoms with Gasteiger partial charge in [0, 0.05) is 43.8 Å². The van der Waals surface area contributed by atoms with Crippen LogP contribution in [0.2, 0.25) is 0 Å².